The molecule has 6 nitrogen and oxygen atoms in total. The molecule has 1 N–H and O–H groups in total. The molecule has 32 heavy (non-hydrogen) atoms. The third-order valence-electron chi connectivity index (χ3n) is 5.67. The summed E-state index contributed by atoms with van der Waals surface area (Å²) in [6, 6.07) is 12.2. The molecule has 1 saturated heterocycles. The number of carbonyl (C=O) groups excluding carboxylic acids is 2. The van der Waals surface area contributed by atoms with Crippen molar-refractivity contribution >= 4 is 17.4 Å². The molecule has 1 amide bonds. The molecule has 1 heterocycles. The van der Waals surface area contributed by atoms with Gasteiger partial charge >= 0.3 is 0 Å². The van der Waals surface area contributed by atoms with Crippen LogP contribution in [0.5, 0.6) is 5.75 Å². The monoisotopic (exact) mass is 437 g/mol. The molecule has 0 aromatic heterocycles. The summed E-state index contributed by atoms with van der Waals surface area (Å²) in [6.45, 7) is 7.13. The van der Waals surface area contributed by atoms with Gasteiger partial charge in [-0.3, -0.25) is 9.59 Å². The summed E-state index contributed by atoms with van der Waals surface area (Å²) in [5.41, 5.74) is 3.26. The van der Waals surface area contributed by atoms with Gasteiger partial charge in [-0.1, -0.05) is 43.2 Å². The second-order valence-electron chi connectivity index (χ2n) is 8.08. The van der Waals surface area contributed by atoms with Crippen LogP contribution in [0.15, 0.2) is 48.0 Å². The van der Waals surface area contributed by atoms with Gasteiger partial charge in [-0.25, -0.2) is 0 Å². The van der Waals surface area contributed by atoms with E-state index < -0.39 is 17.7 Å². The zero-order valence-corrected chi connectivity index (χ0v) is 19.2. The van der Waals surface area contributed by atoms with Crippen molar-refractivity contribution < 1.29 is 24.2 Å². The highest BCUT2D eigenvalue weighted by molar-refractivity contribution is 6.46. The van der Waals surface area contributed by atoms with E-state index in [1.165, 1.54) is 4.90 Å². The zero-order chi connectivity index (χ0) is 23.3. The Morgan fingerprint density at radius 3 is 2.41 bits per heavy atom. The van der Waals surface area contributed by atoms with Gasteiger partial charge in [-0.05, 0) is 49.6 Å². The SMILES string of the molecule is CCCCOc1ccc(/C(O)=C2\C(=O)C(=O)N(CCOC)C2c2ccc(C)cc2)cc1C. The van der Waals surface area contributed by atoms with Crippen molar-refractivity contribution in [3.8, 4) is 5.75 Å². The number of aliphatic hydroxyl groups is 1. The molecule has 170 valence electrons. The number of unbranched alkanes of at least 4 members (excludes halogenated alkanes) is 1. The molecular formula is C26H31NO5. The van der Waals surface area contributed by atoms with Crippen LogP contribution in [-0.2, 0) is 14.3 Å². The number of rotatable bonds is 9. The molecule has 1 fully saturated rings. The quantitative estimate of drug-likeness (QED) is 0.270. The Kier molecular flexibility index (Phi) is 7.70. The van der Waals surface area contributed by atoms with Crippen LogP contribution in [-0.4, -0.2) is 48.6 Å². The van der Waals surface area contributed by atoms with Crippen LogP contribution in [0.3, 0.4) is 0 Å². The highest BCUT2D eigenvalue weighted by atomic mass is 16.5. The van der Waals surface area contributed by atoms with Gasteiger partial charge in [0.15, 0.2) is 0 Å². The van der Waals surface area contributed by atoms with Crippen LogP contribution in [0.25, 0.3) is 5.76 Å². The molecule has 3 rings (SSSR count). The minimum atomic E-state index is -0.690. The Hall–Kier alpha value is -3.12. The molecule has 0 bridgehead atoms. The molecule has 1 unspecified atom stereocenters. The largest absolute Gasteiger partial charge is 0.507 e. The van der Waals surface area contributed by atoms with E-state index in [2.05, 4.69) is 6.92 Å². The molecule has 0 aliphatic carbocycles. The smallest absolute Gasteiger partial charge is 0.295 e. The van der Waals surface area contributed by atoms with Crippen LogP contribution in [0.4, 0.5) is 0 Å². The Bertz CT molecular complexity index is 1010. The molecule has 2 aromatic carbocycles. The van der Waals surface area contributed by atoms with Crippen LogP contribution in [0.1, 0.15) is 48.1 Å². The third-order valence-corrected chi connectivity index (χ3v) is 5.67. The summed E-state index contributed by atoms with van der Waals surface area (Å²) >= 11 is 0. The molecule has 0 spiro atoms. The number of Topliss-reactive ketones (excluding diaryl/α,β-unsaturated/α-hetero) is 1. The van der Waals surface area contributed by atoms with Gasteiger partial charge in [0.1, 0.15) is 11.5 Å². The maximum absolute atomic E-state index is 13.0. The highest BCUT2D eigenvalue weighted by Crippen LogP contribution is 2.39. The first-order valence-electron chi connectivity index (χ1n) is 11.0. The highest BCUT2D eigenvalue weighted by Gasteiger charge is 2.45. The fourth-order valence-electron chi connectivity index (χ4n) is 3.84. The number of carbonyl (C=O) groups is 2. The average Bonchev–Trinajstić information content (AvgIpc) is 3.03. The van der Waals surface area contributed by atoms with E-state index in [-0.39, 0.29) is 17.9 Å². The number of methoxy groups -OCH3 is 1. The van der Waals surface area contributed by atoms with Gasteiger partial charge < -0.3 is 19.5 Å². The number of ketones is 1. The normalized spacial score (nSPS) is 17.8. The Balaban J connectivity index is 2.04. The maximum Gasteiger partial charge on any atom is 0.295 e. The average molecular weight is 438 g/mol. The van der Waals surface area contributed by atoms with Crippen molar-refractivity contribution in [1.82, 2.24) is 4.90 Å². The van der Waals surface area contributed by atoms with Gasteiger partial charge in [-0.15, -0.1) is 0 Å². The number of aryl methyl sites for hydroxylation is 2. The van der Waals surface area contributed by atoms with Crippen molar-refractivity contribution in [2.24, 2.45) is 0 Å². The van der Waals surface area contributed by atoms with E-state index >= 15 is 0 Å². The van der Waals surface area contributed by atoms with E-state index in [4.69, 9.17) is 9.47 Å². The summed E-state index contributed by atoms with van der Waals surface area (Å²) in [5.74, 6) is -0.766. The molecule has 6 heteroatoms. The number of ether oxygens (including phenoxy) is 2. The van der Waals surface area contributed by atoms with Gasteiger partial charge in [-0.2, -0.15) is 0 Å². The van der Waals surface area contributed by atoms with Crippen molar-refractivity contribution in [2.45, 2.75) is 39.7 Å². The summed E-state index contributed by atoms with van der Waals surface area (Å²) in [7, 11) is 1.55. The number of likely N-dealkylation sites (tertiary alicyclic amines) is 1. The Morgan fingerprint density at radius 2 is 1.78 bits per heavy atom. The van der Waals surface area contributed by atoms with Gasteiger partial charge in [0.05, 0.1) is 24.8 Å². The lowest BCUT2D eigenvalue weighted by molar-refractivity contribution is -0.140. The van der Waals surface area contributed by atoms with Crippen LogP contribution < -0.4 is 4.74 Å². The molecule has 2 aromatic rings. The van der Waals surface area contributed by atoms with Crippen LogP contribution >= 0.6 is 0 Å². The van der Waals surface area contributed by atoms with Crippen molar-refractivity contribution in [2.75, 3.05) is 26.9 Å². The molecule has 1 aliphatic heterocycles. The first kappa shape index (κ1) is 23.5. The Labute approximate surface area is 189 Å². The summed E-state index contributed by atoms with van der Waals surface area (Å²) in [4.78, 5) is 27.3. The second-order valence-corrected chi connectivity index (χ2v) is 8.08. The van der Waals surface area contributed by atoms with Crippen molar-refractivity contribution in [1.29, 1.82) is 0 Å². The minimum absolute atomic E-state index is 0.0917. The number of aliphatic hydroxyl groups excluding tert-OH is 1. The van der Waals surface area contributed by atoms with Gasteiger partial charge in [0.25, 0.3) is 11.7 Å². The second kappa shape index (κ2) is 10.5. The minimum Gasteiger partial charge on any atom is -0.507 e. The standard InChI is InChI=1S/C26H31NO5/c1-5-6-14-32-21-12-11-20(16-18(21)3)24(28)22-23(19-9-7-17(2)8-10-19)27(13-15-31-4)26(30)25(22)29/h7-12,16,23,28H,5-6,13-15H2,1-4H3/b24-22+. The number of nitrogens with zero attached hydrogens (tertiary/aromatic N) is 1. The fourth-order valence-corrected chi connectivity index (χ4v) is 3.84. The molecule has 1 aliphatic rings. The predicted molar refractivity (Wildman–Crippen MR) is 124 cm³/mol. The number of amides is 1. The van der Waals surface area contributed by atoms with E-state index in [1.54, 1.807) is 25.3 Å². The van der Waals surface area contributed by atoms with E-state index in [9.17, 15) is 14.7 Å². The molecule has 0 radical (unpaired) electrons. The number of hydrogen-bond acceptors (Lipinski definition) is 5. The lowest BCUT2D eigenvalue weighted by Crippen LogP contribution is -2.32. The van der Waals surface area contributed by atoms with E-state index in [0.29, 0.717) is 18.8 Å². The Morgan fingerprint density at radius 1 is 1.06 bits per heavy atom. The topological polar surface area (TPSA) is 76.1 Å². The summed E-state index contributed by atoms with van der Waals surface area (Å²) in [5, 5.41) is 11.2. The van der Waals surface area contributed by atoms with E-state index in [1.807, 2.05) is 38.1 Å². The predicted octanol–water partition coefficient (Wildman–Crippen LogP) is 4.55. The fraction of sp³-hybridized carbons (Fsp3) is 0.385. The van der Waals surface area contributed by atoms with Crippen LogP contribution in [0.2, 0.25) is 0 Å². The van der Waals surface area contributed by atoms with Crippen molar-refractivity contribution in [3.05, 3.63) is 70.3 Å². The lowest BCUT2D eigenvalue weighted by atomic mass is 9.94. The molecular weight excluding hydrogens is 406 g/mol. The number of hydrogen-bond donors (Lipinski definition) is 1. The first-order valence-corrected chi connectivity index (χ1v) is 11.0. The third kappa shape index (κ3) is 4.86. The molecule has 0 saturated carbocycles. The van der Waals surface area contributed by atoms with Gasteiger partial charge in [0, 0.05) is 19.2 Å². The first-order chi connectivity index (χ1) is 15.4. The summed E-state index contributed by atoms with van der Waals surface area (Å²) < 4.78 is 10.9. The van der Waals surface area contributed by atoms with E-state index in [0.717, 1.165) is 35.3 Å². The lowest BCUT2D eigenvalue weighted by Gasteiger charge is -2.25. The number of benzene rings is 2. The summed E-state index contributed by atoms with van der Waals surface area (Å²) in [6.07, 6.45) is 2.00. The van der Waals surface area contributed by atoms with Crippen molar-refractivity contribution in [3.63, 3.8) is 0 Å². The molecule has 1 atom stereocenters. The van der Waals surface area contributed by atoms with Crippen LogP contribution in [0, 0.1) is 13.8 Å². The maximum atomic E-state index is 13.0. The van der Waals surface area contributed by atoms with Gasteiger partial charge in [0.2, 0.25) is 0 Å². The zero-order valence-electron chi connectivity index (χ0n) is 19.2.